The lowest BCUT2D eigenvalue weighted by atomic mass is 10.3. The Morgan fingerprint density at radius 3 is 2.94 bits per heavy atom. The molecule has 0 bridgehead atoms. The third kappa shape index (κ3) is 2.16. The molecule has 1 aliphatic heterocycles. The van der Waals surface area contributed by atoms with E-state index >= 15 is 0 Å². The Morgan fingerprint density at radius 1 is 1.33 bits per heavy atom. The van der Waals surface area contributed by atoms with E-state index in [2.05, 4.69) is 5.10 Å². The second-order valence-electron chi connectivity index (χ2n) is 4.25. The Kier molecular flexibility index (Phi) is 3.12. The van der Waals surface area contributed by atoms with E-state index in [1.54, 1.807) is 6.20 Å². The van der Waals surface area contributed by atoms with Gasteiger partial charge in [0.25, 0.3) is 0 Å². The average Bonchev–Trinajstić information content (AvgIpc) is 2.75. The normalized spacial score (nSPS) is 17.3. The molecule has 0 N–H and O–H groups in total. The van der Waals surface area contributed by atoms with Crippen LogP contribution in [0.4, 0.5) is 0 Å². The number of ether oxygens (including phenoxy) is 2. The molecule has 0 spiro atoms. The fourth-order valence-corrected chi connectivity index (χ4v) is 2.04. The summed E-state index contributed by atoms with van der Waals surface area (Å²) in [7, 11) is 0. The molecule has 18 heavy (non-hydrogen) atoms. The fraction of sp³-hybridized carbons (Fsp3) is 0.500. The maximum absolute atomic E-state index is 12.0. The van der Waals surface area contributed by atoms with Crippen LogP contribution in [0.1, 0.15) is 12.8 Å². The molecule has 0 amide bonds. The van der Waals surface area contributed by atoms with Crippen LogP contribution < -0.4 is 5.69 Å². The van der Waals surface area contributed by atoms with E-state index in [1.165, 1.54) is 9.08 Å². The molecule has 96 valence electrons. The van der Waals surface area contributed by atoms with Crippen molar-refractivity contribution in [2.75, 3.05) is 13.2 Å². The lowest BCUT2D eigenvalue weighted by Gasteiger charge is -2.22. The summed E-state index contributed by atoms with van der Waals surface area (Å²) < 4.78 is 13.9. The zero-order valence-corrected chi connectivity index (χ0v) is 9.99. The maximum Gasteiger partial charge on any atom is 0.350 e. The number of hydrogen-bond donors (Lipinski definition) is 0. The highest BCUT2D eigenvalue weighted by Crippen LogP contribution is 2.09. The van der Waals surface area contributed by atoms with Gasteiger partial charge in [0, 0.05) is 12.6 Å². The Hall–Kier alpha value is -1.66. The van der Waals surface area contributed by atoms with E-state index in [0.717, 1.165) is 19.6 Å². The fourth-order valence-electron chi connectivity index (χ4n) is 2.04. The zero-order chi connectivity index (χ0) is 12.4. The van der Waals surface area contributed by atoms with Crippen LogP contribution in [0.2, 0.25) is 0 Å². The van der Waals surface area contributed by atoms with Gasteiger partial charge in [-0.1, -0.05) is 6.07 Å². The van der Waals surface area contributed by atoms with Gasteiger partial charge in [-0.2, -0.15) is 0 Å². The van der Waals surface area contributed by atoms with Crippen molar-refractivity contribution in [3.05, 3.63) is 34.9 Å². The summed E-state index contributed by atoms with van der Waals surface area (Å²) >= 11 is 0. The van der Waals surface area contributed by atoms with Crippen LogP contribution in [-0.2, 0) is 16.0 Å². The second-order valence-corrected chi connectivity index (χ2v) is 4.25. The van der Waals surface area contributed by atoms with Crippen LogP contribution in [0, 0.1) is 0 Å². The predicted octanol–water partition coefficient (Wildman–Crippen LogP) is 0.649. The molecule has 1 saturated heterocycles. The van der Waals surface area contributed by atoms with Crippen LogP contribution in [0.3, 0.4) is 0 Å². The van der Waals surface area contributed by atoms with Crippen molar-refractivity contribution in [3.63, 3.8) is 0 Å². The molecule has 6 nitrogen and oxygen atoms in total. The summed E-state index contributed by atoms with van der Waals surface area (Å²) in [6.07, 6.45) is 3.08. The first-order valence-electron chi connectivity index (χ1n) is 6.12. The van der Waals surface area contributed by atoms with Crippen molar-refractivity contribution >= 4 is 5.65 Å². The molecule has 2 aromatic heterocycles. The van der Waals surface area contributed by atoms with Crippen molar-refractivity contribution in [1.82, 2.24) is 14.2 Å². The molecule has 0 aromatic carbocycles. The number of rotatable bonds is 3. The quantitative estimate of drug-likeness (QED) is 0.801. The van der Waals surface area contributed by atoms with Crippen LogP contribution in [-0.4, -0.2) is 33.7 Å². The molecule has 2 aromatic rings. The Bertz CT molecular complexity index is 584. The molecule has 3 rings (SSSR count). The van der Waals surface area contributed by atoms with Gasteiger partial charge >= 0.3 is 5.69 Å². The lowest BCUT2D eigenvalue weighted by molar-refractivity contribution is -0.182. The first kappa shape index (κ1) is 11.4. The molecular weight excluding hydrogens is 234 g/mol. The molecule has 1 aliphatic rings. The number of fused-ring (bicyclic) bond motifs is 1. The molecule has 0 atom stereocenters. The van der Waals surface area contributed by atoms with Crippen LogP contribution >= 0.6 is 0 Å². The third-order valence-corrected chi connectivity index (χ3v) is 2.96. The summed E-state index contributed by atoms with van der Waals surface area (Å²) in [6, 6.07) is 5.48. The van der Waals surface area contributed by atoms with E-state index in [9.17, 15) is 4.79 Å². The minimum atomic E-state index is -0.213. The van der Waals surface area contributed by atoms with Crippen LogP contribution in [0.25, 0.3) is 5.65 Å². The van der Waals surface area contributed by atoms with E-state index in [0.29, 0.717) is 18.6 Å². The van der Waals surface area contributed by atoms with Gasteiger partial charge in [-0.15, -0.1) is 5.10 Å². The number of pyridine rings is 1. The monoisotopic (exact) mass is 249 g/mol. The van der Waals surface area contributed by atoms with Crippen molar-refractivity contribution in [3.8, 4) is 0 Å². The van der Waals surface area contributed by atoms with Gasteiger partial charge in [0.2, 0.25) is 0 Å². The van der Waals surface area contributed by atoms with Crippen molar-refractivity contribution in [2.45, 2.75) is 25.7 Å². The van der Waals surface area contributed by atoms with Gasteiger partial charge in [-0.05, 0) is 18.6 Å². The number of nitrogens with zero attached hydrogens (tertiary/aromatic N) is 3. The largest absolute Gasteiger partial charge is 0.353 e. The highest BCUT2D eigenvalue weighted by molar-refractivity contribution is 5.35. The highest BCUT2D eigenvalue weighted by Gasteiger charge is 2.15. The van der Waals surface area contributed by atoms with Crippen molar-refractivity contribution in [1.29, 1.82) is 0 Å². The molecule has 3 heterocycles. The zero-order valence-electron chi connectivity index (χ0n) is 9.99. The SMILES string of the molecule is O=c1n(CCC2OCCCO2)nc2ccccn12. The molecule has 1 fully saturated rings. The molecular formula is C12H15N3O3. The van der Waals surface area contributed by atoms with Crippen molar-refractivity contribution < 1.29 is 9.47 Å². The Morgan fingerprint density at radius 2 is 2.17 bits per heavy atom. The first-order chi connectivity index (χ1) is 8.84. The van der Waals surface area contributed by atoms with Gasteiger partial charge in [-0.25, -0.2) is 9.48 Å². The topological polar surface area (TPSA) is 57.8 Å². The van der Waals surface area contributed by atoms with Crippen molar-refractivity contribution in [2.24, 2.45) is 0 Å². The van der Waals surface area contributed by atoms with Crippen LogP contribution in [0.15, 0.2) is 29.2 Å². The van der Waals surface area contributed by atoms with Gasteiger partial charge in [-0.3, -0.25) is 4.40 Å². The number of hydrogen-bond acceptors (Lipinski definition) is 4. The second kappa shape index (κ2) is 4.91. The van der Waals surface area contributed by atoms with Gasteiger partial charge in [0.05, 0.1) is 19.8 Å². The summed E-state index contributed by atoms with van der Waals surface area (Å²) in [5, 5.41) is 4.25. The van der Waals surface area contributed by atoms with Crippen LogP contribution in [0.5, 0.6) is 0 Å². The number of aryl methyl sites for hydroxylation is 1. The summed E-state index contributed by atoms with van der Waals surface area (Å²) in [5.74, 6) is 0. The lowest BCUT2D eigenvalue weighted by Crippen LogP contribution is -2.28. The Labute approximate surface area is 104 Å². The minimum absolute atomic E-state index is 0.124. The smallest absolute Gasteiger partial charge is 0.350 e. The summed E-state index contributed by atoms with van der Waals surface area (Å²) in [4.78, 5) is 12.0. The maximum atomic E-state index is 12.0. The van der Waals surface area contributed by atoms with E-state index in [1.807, 2.05) is 18.2 Å². The van der Waals surface area contributed by atoms with E-state index in [4.69, 9.17) is 9.47 Å². The molecule has 0 saturated carbocycles. The molecule has 0 radical (unpaired) electrons. The molecule has 0 aliphatic carbocycles. The molecule has 6 heteroatoms. The predicted molar refractivity (Wildman–Crippen MR) is 64.4 cm³/mol. The van der Waals surface area contributed by atoms with Gasteiger partial charge in [0.1, 0.15) is 0 Å². The van der Waals surface area contributed by atoms with Gasteiger partial charge in [0.15, 0.2) is 11.9 Å². The van der Waals surface area contributed by atoms with E-state index < -0.39 is 0 Å². The highest BCUT2D eigenvalue weighted by atomic mass is 16.7. The standard InChI is InChI=1S/C12H15N3O3/c16-12-14-6-2-1-4-10(14)13-15(12)7-5-11-17-8-3-9-18-11/h1-2,4,6,11H,3,5,7-9H2. The first-order valence-corrected chi connectivity index (χ1v) is 6.12. The molecule has 0 unspecified atom stereocenters. The average molecular weight is 249 g/mol. The summed E-state index contributed by atoms with van der Waals surface area (Å²) in [6.45, 7) is 1.96. The van der Waals surface area contributed by atoms with Gasteiger partial charge < -0.3 is 9.47 Å². The van der Waals surface area contributed by atoms with E-state index in [-0.39, 0.29) is 12.0 Å². The number of aromatic nitrogens is 3. The minimum Gasteiger partial charge on any atom is -0.353 e. The summed E-state index contributed by atoms with van der Waals surface area (Å²) in [5.41, 5.74) is 0.536. The third-order valence-electron chi connectivity index (χ3n) is 2.96. The Balaban J connectivity index is 1.74.